The number of nitrogens with two attached hydrogens (primary N) is 1. The van der Waals surface area contributed by atoms with E-state index < -0.39 is 0 Å². The number of fused-ring (bicyclic) bond motifs is 1. The van der Waals surface area contributed by atoms with E-state index in [0.717, 1.165) is 41.8 Å². The molecule has 0 radical (unpaired) electrons. The summed E-state index contributed by atoms with van der Waals surface area (Å²) in [5.74, 6) is 1.34. The van der Waals surface area contributed by atoms with E-state index in [0.29, 0.717) is 39.9 Å². The van der Waals surface area contributed by atoms with Crippen molar-refractivity contribution in [3.8, 4) is 0 Å². The van der Waals surface area contributed by atoms with Gasteiger partial charge in [0.1, 0.15) is 5.02 Å². The van der Waals surface area contributed by atoms with Crippen LogP contribution in [0.4, 0.5) is 22.6 Å². The number of benzene rings is 2. The molecule has 0 saturated carbocycles. The third kappa shape index (κ3) is 4.96. The van der Waals surface area contributed by atoms with Crippen LogP contribution in [0.2, 0.25) is 5.02 Å². The molecule has 1 saturated heterocycles. The van der Waals surface area contributed by atoms with Gasteiger partial charge < -0.3 is 21.3 Å². The maximum atomic E-state index is 13.0. The molecule has 10 heteroatoms. The lowest BCUT2D eigenvalue weighted by Gasteiger charge is -2.31. The largest absolute Gasteiger partial charge is 0.339 e. The highest BCUT2D eigenvalue weighted by Gasteiger charge is 2.23. The fourth-order valence-electron chi connectivity index (χ4n) is 3.96. The number of nitrogens with one attached hydrogen (secondary N) is 2. The third-order valence-corrected chi connectivity index (χ3v) is 7.09. The average Bonchev–Trinajstić information content (AvgIpc) is 3.28. The zero-order chi connectivity index (χ0) is 23.5. The second kappa shape index (κ2) is 9.92. The quantitative estimate of drug-likeness (QED) is 0.345. The molecule has 1 amide bonds. The lowest BCUT2D eigenvalue weighted by Crippen LogP contribution is -2.40. The molecule has 0 spiro atoms. The lowest BCUT2D eigenvalue weighted by molar-refractivity contribution is 0.0693. The van der Waals surface area contributed by atoms with Gasteiger partial charge in [-0.15, -0.1) is 0 Å². The molecule has 8 nitrogen and oxygen atoms in total. The van der Waals surface area contributed by atoms with E-state index in [1.807, 2.05) is 53.4 Å². The van der Waals surface area contributed by atoms with Gasteiger partial charge in [-0.25, -0.2) is 9.97 Å². The van der Waals surface area contributed by atoms with Gasteiger partial charge in [-0.3, -0.25) is 4.79 Å². The number of piperidine rings is 1. The molecule has 4 N–H and O–H groups in total. The summed E-state index contributed by atoms with van der Waals surface area (Å²) in [7, 11) is 0. The van der Waals surface area contributed by atoms with Crippen molar-refractivity contribution in [3.05, 3.63) is 65.3 Å². The molecule has 1 aliphatic heterocycles. The molecule has 174 valence electrons. The molecular formula is C24H24ClN7OS. The SMILES string of the molecule is NCC1CCN(C(=O)c2cccc(Nc3ncc(Cl)c(Nc4nc5ccccc5s4)n3)c2)CC1. The number of para-hydroxylation sites is 1. The van der Waals surface area contributed by atoms with Crippen LogP contribution in [-0.4, -0.2) is 45.4 Å². The number of carbonyl (C=O) groups excluding carboxylic acids is 1. The Morgan fingerprint density at radius 1 is 1.12 bits per heavy atom. The Labute approximate surface area is 206 Å². The van der Waals surface area contributed by atoms with Gasteiger partial charge in [-0.05, 0) is 55.6 Å². The van der Waals surface area contributed by atoms with Crippen molar-refractivity contribution in [2.75, 3.05) is 30.3 Å². The summed E-state index contributed by atoms with van der Waals surface area (Å²) in [5.41, 5.74) is 8.02. The number of halogens is 1. The van der Waals surface area contributed by atoms with Gasteiger partial charge in [0.25, 0.3) is 5.91 Å². The molecule has 2 aromatic heterocycles. The topological polar surface area (TPSA) is 109 Å². The third-order valence-electron chi connectivity index (χ3n) is 5.86. The predicted molar refractivity (Wildman–Crippen MR) is 137 cm³/mol. The number of thiazole rings is 1. The Morgan fingerprint density at radius 3 is 2.74 bits per heavy atom. The van der Waals surface area contributed by atoms with Crippen LogP contribution in [0.25, 0.3) is 10.2 Å². The minimum atomic E-state index is 0.0225. The van der Waals surface area contributed by atoms with E-state index >= 15 is 0 Å². The number of amides is 1. The van der Waals surface area contributed by atoms with Gasteiger partial charge in [0, 0.05) is 24.3 Å². The van der Waals surface area contributed by atoms with Crippen molar-refractivity contribution in [1.29, 1.82) is 0 Å². The van der Waals surface area contributed by atoms with Gasteiger partial charge >= 0.3 is 0 Å². The highest BCUT2D eigenvalue weighted by atomic mass is 35.5. The van der Waals surface area contributed by atoms with E-state index in [-0.39, 0.29) is 5.91 Å². The van der Waals surface area contributed by atoms with Gasteiger partial charge in [-0.1, -0.05) is 41.1 Å². The Morgan fingerprint density at radius 2 is 1.94 bits per heavy atom. The number of anilines is 4. The maximum Gasteiger partial charge on any atom is 0.253 e. The smallest absolute Gasteiger partial charge is 0.253 e. The standard InChI is InChI=1S/C24H24ClN7OS/c25-18-14-27-23(30-21(18)31-24-29-19-6-1-2-7-20(19)34-24)28-17-5-3-4-16(12-17)22(33)32-10-8-15(13-26)9-11-32/h1-7,12,14-15H,8-11,13,26H2,(H2,27,28,29,30,31). The first-order valence-corrected chi connectivity index (χ1v) is 12.3. The average molecular weight is 494 g/mol. The van der Waals surface area contributed by atoms with Crippen LogP contribution < -0.4 is 16.4 Å². The van der Waals surface area contributed by atoms with Crippen molar-refractivity contribution in [2.24, 2.45) is 11.7 Å². The van der Waals surface area contributed by atoms with Gasteiger partial charge in [0.2, 0.25) is 5.95 Å². The minimum Gasteiger partial charge on any atom is -0.339 e. The maximum absolute atomic E-state index is 13.0. The zero-order valence-electron chi connectivity index (χ0n) is 18.4. The first-order valence-electron chi connectivity index (χ1n) is 11.1. The van der Waals surface area contributed by atoms with Crippen molar-refractivity contribution >= 4 is 61.6 Å². The van der Waals surface area contributed by atoms with Crippen LogP contribution >= 0.6 is 22.9 Å². The molecule has 0 unspecified atom stereocenters. The number of hydrogen-bond acceptors (Lipinski definition) is 8. The van der Waals surface area contributed by atoms with E-state index in [4.69, 9.17) is 17.3 Å². The Bertz CT molecular complexity index is 1290. The summed E-state index contributed by atoms with van der Waals surface area (Å²) in [6, 6.07) is 15.3. The van der Waals surface area contributed by atoms with Crippen LogP contribution in [0.1, 0.15) is 23.2 Å². The molecule has 1 aliphatic rings. The number of hydrogen-bond donors (Lipinski definition) is 3. The summed E-state index contributed by atoms with van der Waals surface area (Å²) < 4.78 is 1.07. The Balaban J connectivity index is 1.30. The second-order valence-corrected chi connectivity index (χ2v) is 9.62. The first-order chi connectivity index (χ1) is 16.6. The molecule has 0 atom stereocenters. The van der Waals surface area contributed by atoms with Gasteiger partial charge in [0.05, 0.1) is 16.4 Å². The number of rotatable bonds is 6. The molecule has 2 aromatic carbocycles. The fraction of sp³-hybridized carbons (Fsp3) is 0.250. The van der Waals surface area contributed by atoms with E-state index in [1.165, 1.54) is 17.5 Å². The van der Waals surface area contributed by atoms with Crippen LogP contribution in [0.5, 0.6) is 0 Å². The van der Waals surface area contributed by atoms with E-state index in [9.17, 15) is 4.79 Å². The zero-order valence-corrected chi connectivity index (χ0v) is 19.9. The summed E-state index contributed by atoms with van der Waals surface area (Å²) in [6.45, 7) is 2.15. The first kappa shape index (κ1) is 22.5. The monoisotopic (exact) mass is 493 g/mol. The lowest BCUT2D eigenvalue weighted by atomic mass is 9.96. The summed E-state index contributed by atoms with van der Waals surface area (Å²) in [4.78, 5) is 28.2. The van der Waals surface area contributed by atoms with Crippen LogP contribution in [0, 0.1) is 5.92 Å². The molecular weight excluding hydrogens is 470 g/mol. The van der Waals surface area contributed by atoms with Crippen LogP contribution in [0.3, 0.4) is 0 Å². The molecule has 3 heterocycles. The molecule has 4 aromatic rings. The number of aromatic nitrogens is 3. The van der Waals surface area contributed by atoms with E-state index in [1.54, 1.807) is 0 Å². The van der Waals surface area contributed by atoms with Crippen molar-refractivity contribution in [3.63, 3.8) is 0 Å². The summed E-state index contributed by atoms with van der Waals surface area (Å²) >= 11 is 7.84. The highest BCUT2D eigenvalue weighted by molar-refractivity contribution is 7.22. The van der Waals surface area contributed by atoms with Crippen LogP contribution in [0.15, 0.2) is 54.7 Å². The Hall–Kier alpha value is -3.27. The molecule has 1 fully saturated rings. The number of nitrogens with zero attached hydrogens (tertiary/aromatic N) is 4. The summed E-state index contributed by atoms with van der Waals surface area (Å²) in [6.07, 6.45) is 3.43. The Kier molecular flexibility index (Phi) is 6.57. The minimum absolute atomic E-state index is 0.0225. The van der Waals surface area contributed by atoms with Gasteiger partial charge in [0.15, 0.2) is 10.9 Å². The highest BCUT2D eigenvalue weighted by Crippen LogP contribution is 2.30. The van der Waals surface area contributed by atoms with Crippen molar-refractivity contribution < 1.29 is 4.79 Å². The van der Waals surface area contributed by atoms with Gasteiger partial charge in [-0.2, -0.15) is 4.98 Å². The molecule has 5 rings (SSSR count). The normalized spacial score (nSPS) is 14.4. The van der Waals surface area contributed by atoms with E-state index in [2.05, 4.69) is 25.6 Å². The van der Waals surface area contributed by atoms with Crippen molar-refractivity contribution in [2.45, 2.75) is 12.8 Å². The second-order valence-electron chi connectivity index (χ2n) is 8.18. The number of carbonyl (C=O) groups is 1. The summed E-state index contributed by atoms with van der Waals surface area (Å²) in [5, 5.41) is 7.43. The molecule has 0 bridgehead atoms. The van der Waals surface area contributed by atoms with Crippen LogP contribution in [-0.2, 0) is 0 Å². The predicted octanol–water partition coefficient (Wildman–Crippen LogP) is 5.04. The fourth-order valence-corrected chi connectivity index (χ4v) is 4.96. The van der Waals surface area contributed by atoms with Crippen molar-refractivity contribution in [1.82, 2.24) is 19.9 Å². The number of likely N-dealkylation sites (tertiary alicyclic amines) is 1. The molecule has 34 heavy (non-hydrogen) atoms. The molecule has 0 aliphatic carbocycles.